The Bertz CT molecular complexity index is 733. The summed E-state index contributed by atoms with van der Waals surface area (Å²) in [6.07, 6.45) is 2.87. The number of halogens is 1. The molecule has 0 amide bonds. The van der Waals surface area contributed by atoms with Gasteiger partial charge in [0.1, 0.15) is 18.2 Å². The molecule has 5 heteroatoms. The highest BCUT2D eigenvalue weighted by Crippen LogP contribution is 2.18. The van der Waals surface area contributed by atoms with Gasteiger partial charge in [-0.1, -0.05) is 37.3 Å². The van der Waals surface area contributed by atoms with Gasteiger partial charge in [0.2, 0.25) is 0 Å². The molecule has 0 aliphatic carbocycles. The molecule has 0 saturated carbocycles. The highest BCUT2D eigenvalue weighted by molar-refractivity contribution is 5.80. The van der Waals surface area contributed by atoms with Crippen molar-refractivity contribution in [3.8, 4) is 5.75 Å². The monoisotopic (exact) mass is 355 g/mol. The van der Waals surface area contributed by atoms with Crippen molar-refractivity contribution in [3.05, 3.63) is 65.5 Å². The molecule has 1 atom stereocenters. The summed E-state index contributed by atoms with van der Waals surface area (Å²) in [4.78, 5) is 4.45. The van der Waals surface area contributed by atoms with Gasteiger partial charge >= 0.3 is 0 Å². The van der Waals surface area contributed by atoms with Crippen LogP contribution in [0.2, 0.25) is 0 Å². The van der Waals surface area contributed by atoms with Gasteiger partial charge in [0, 0.05) is 25.2 Å². The van der Waals surface area contributed by atoms with Gasteiger partial charge in [0.05, 0.1) is 0 Å². The highest BCUT2D eigenvalue weighted by atomic mass is 19.1. The topological polar surface area (TPSA) is 45.7 Å². The fourth-order valence-corrected chi connectivity index (χ4v) is 2.97. The van der Waals surface area contributed by atoms with Gasteiger partial charge in [-0.15, -0.1) is 0 Å². The first-order valence-corrected chi connectivity index (χ1v) is 9.24. The highest BCUT2D eigenvalue weighted by Gasteiger charge is 2.12. The maximum absolute atomic E-state index is 13.9. The maximum Gasteiger partial charge on any atom is 0.191 e. The molecule has 1 heterocycles. The molecule has 2 N–H and O–H groups in total. The second kappa shape index (κ2) is 9.22. The first kappa shape index (κ1) is 18.2. The Hall–Kier alpha value is -2.56. The van der Waals surface area contributed by atoms with E-state index in [4.69, 9.17) is 4.74 Å². The Morgan fingerprint density at radius 2 is 2.04 bits per heavy atom. The minimum Gasteiger partial charge on any atom is -0.489 e. The molecule has 138 valence electrons. The van der Waals surface area contributed by atoms with Crippen LogP contribution in [0, 0.1) is 5.82 Å². The number of guanidine groups is 1. The summed E-state index contributed by atoms with van der Waals surface area (Å²) < 4.78 is 19.6. The normalized spacial score (nSPS) is 16.5. The first-order chi connectivity index (χ1) is 12.7. The average Bonchev–Trinajstić information content (AvgIpc) is 2.67. The van der Waals surface area contributed by atoms with E-state index in [1.165, 1.54) is 6.07 Å². The van der Waals surface area contributed by atoms with E-state index in [2.05, 4.69) is 22.5 Å². The van der Waals surface area contributed by atoms with Crippen LogP contribution < -0.4 is 15.4 Å². The van der Waals surface area contributed by atoms with Crippen molar-refractivity contribution in [2.45, 2.75) is 38.8 Å². The lowest BCUT2D eigenvalue weighted by Crippen LogP contribution is -2.46. The van der Waals surface area contributed by atoms with Crippen molar-refractivity contribution in [1.29, 1.82) is 0 Å². The van der Waals surface area contributed by atoms with E-state index in [-0.39, 0.29) is 5.82 Å². The van der Waals surface area contributed by atoms with Gasteiger partial charge in [0.25, 0.3) is 0 Å². The molecule has 0 aromatic heterocycles. The summed E-state index contributed by atoms with van der Waals surface area (Å²) in [7, 11) is 0. The Morgan fingerprint density at radius 3 is 2.85 bits per heavy atom. The minimum atomic E-state index is -0.273. The zero-order valence-electron chi connectivity index (χ0n) is 15.2. The second-order valence-electron chi connectivity index (χ2n) is 6.51. The van der Waals surface area contributed by atoms with Crippen LogP contribution in [0.1, 0.15) is 30.9 Å². The Kier molecular flexibility index (Phi) is 6.47. The fraction of sp³-hybridized carbons (Fsp3) is 0.381. The van der Waals surface area contributed by atoms with E-state index in [1.54, 1.807) is 6.07 Å². The summed E-state index contributed by atoms with van der Waals surface area (Å²) >= 11 is 0. The van der Waals surface area contributed by atoms with E-state index >= 15 is 0 Å². The van der Waals surface area contributed by atoms with E-state index in [0.29, 0.717) is 31.4 Å². The molecule has 1 aliphatic heterocycles. The van der Waals surface area contributed by atoms with Crippen molar-refractivity contribution in [2.75, 3.05) is 13.1 Å². The van der Waals surface area contributed by atoms with Crippen molar-refractivity contribution < 1.29 is 9.13 Å². The molecule has 3 rings (SSSR count). The number of nitrogens with zero attached hydrogens (tertiary/aromatic N) is 1. The predicted molar refractivity (Wildman–Crippen MR) is 103 cm³/mol. The summed E-state index contributed by atoms with van der Waals surface area (Å²) in [5, 5.41) is 6.70. The number of hydrogen-bond donors (Lipinski definition) is 2. The van der Waals surface area contributed by atoms with E-state index < -0.39 is 0 Å². The standard InChI is InChI=1S/C21H26FN3O/c1-2-19-9-11-24-21(25-19)23-10-8-17-12-18(22)14-20(13-17)26-15-16-6-4-3-5-7-16/h3-7,12-14,19H,2,8-11,15H2,1H3,(H2,23,24,25). The Morgan fingerprint density at radius 1 is 1.19 bits per heavy atom. The van der Waals surface area contributed by atoms with E-state index in [0.717, 1.165) is 36.5 Å². The molecule has 2 aromatic rings. The third-order valence-electron chi connectivity index (χ3n) is 4.47. The smallest absolute Gasteiger partial charge is 0.191 e. The van der Waals surface area contributed by atoms with E-state index in [9.17, 15) is 4.39 Å². The van der Waals surface area contributed by atoms with Gasteiger partial charge in [-0.3, -0.25) is 4.99 Å². The van der Waals surface area contributed by atoms with Gasteiger partial charge in [-0.2, -0.15) is 0 Å². The van der Waals surface area contributed by atoms with Crippen LogP contribution in [0.15, 0.2) is 53.5 Å². The maximum atomic E-state index is 13.9. The molecule has 2 aromatic carbocycles. The van der Waals surface area contributed by atoms with Crippen LogP contribution in [0.5, 0.6) is 5.75 Å². The lowest BCUT2D eigenvalue weighted by Gasteiger charge is -2.24. The SMILES string of the molecule is CCC1CCN=C(NCCc2cc(F)cc(OCc3ccccc3)c2)N1. The van der Waals surface area contributed by atoms with Crippen molar-refractivity contribution in [3.63, 3.8) is 0 Å². The van der Waals surface area contributed by atoms with Crippen LogP contribution in [0.4, 0.5) is 4.39 Å². The molecule has 0 fully saturated rings. The molecule has 0 radical (unpaired) electrons. The van der Waals surface area contributed by atoms with Crippen LogP contribution in [-0.4, -0.2) is 25.1 Å². The summed E-state index contributed by atoms with van der Waals surface area (Å²) in [6, 6.07) is 15.3. The zero-order valence-corrected chi connectivity index (χ0v) is 15.2. The predicted octanol–water partition coefficient (Wildman–Crippen LogP) is 3.66. The average molecular weight is 355 g/mol. The third-order valence-corrected chi connectivity index (χ3v) is 4.47. The molecule has 0 spiro atoms. The number of aliphatic imine (C=N–C) groups is 1. The molecular weight excluding hydrogens is 329 g/mol. The molecular formula is C21H26FN3O. The number of hydrogen-bond acceptors (Lipinski definition) is 4. The van der Waals surface area contributed by atoms with Gasteiger partial charge < -0.3 is 15.4 Å². The summed E-state index contributed by atoms with van der Waals surface area (Å²) in [6.45, 7) is 4.15. The number of rotatable bonds is 7. The summed E-state index contributed by atoms with van der Waals surface area (Å²) in [5.74, 6) is 1.13. The third kappa shape index (κ3) is 5.48. The van der Waals surface area contributed by atoms with Crippen LogP contribution >= 0.6 is 0 Å². The molecule has 4 nitrogen and oxygen atoms in total. The number of nitrogens with one attached hydrogen (secondary N) is 2. The second-order valence-corrected chi connectivity index (χ2v) is 6.51. The number of benzene rings is 2. The van der Waals surface area contributed by atoms with Gasteiger partial charge in [-0.05, 0) is 42.5 Å². The lowest BCUT2D eigenvalue weighted by atomic mass is 10.1. The van der Waals surface area contributed by atoms with Gasteiger partial charge in [-0.25, -0.2) is 4.39 Å². The largest absolute Gasteiger partial charge is 0.489 e. The lowest BCUT2D eigenvalue weighted by molar-refractivity contribution is 0.304. The molecule has 1 unspecified atom stereocenters. The Labute approximate surface area is 154 Å². The molecule has 0 bridgehead atoms. The van der Waals surface area contributed by atoms with E-state index in [1.807, 2.05) is 36.4 Å². The quantitative estimate of drug-likeness (QED) is 0.797. The Balaban J connectivity index is 1.52. The van der Waals surface area contributed by atoms with Crippen molar-refractivity contribution in [2.24, 2.45) is 4.99 Å². The summed E-state index contributed by atoms with van der Waals surface area (Å²) in [5.41, 5.74) is 1.97. The van der Waals surface area contributed by atoms with Crippen LogP contribution in [-0.2, 0) is 13.0 Å². The van der Waals surface area contributed by atoms with Crippen LogP contribution in [0.3, 0.4) is 0 Å². The zero-order chi connectivity index (χ0) is 18.2. The fourth-order valence-electron chi connectivity index (χ4n) is 2.97. The first-order valence-electron chi connectivity index (χ1n) is 9.24. The molecule has 1 aliphatic rings. The molecule has 26 heavy (non-hydrogen) atoms. The van der Waals surface area contributed by atoms with Gasteiger partial charge in [0.15, 0.2) is 5.96 Å². The van der Waals surface area contributed by atoms with Crippen molar-refractivity contribution in [1.82, 2.24) is 10.6 Å². The molecule has 0 saturated heterocycles. The minimum absolute atomic E-state index is 0.273. The van der Waals surface area contributed by atoms with Crippen LogP contribution in [0.25, 0.3) is 0 Å². The number of ether oxygens (including phenoxy) is 1. The van der Waals surface area contributed by atoms with Crippen molar-refractivity contribution >= 4 is 5.96 Å².